The third-order valence-corrected chi connectivity index (χ3v) is 6.48. The van der Waals surface area contributed by atoms with Crippen LogP contribution in [0.25, 0.3) is 11.1 Å². The molecule has 1 saturated heterocycles. The molecule has 0 unspecified atom stereocenters. The van der Waals surface area contributed by atoms with Gasteiger partial charge in [-0.05, 0) is 93.7 Å². The highest BCUT2D eigenvalue weighted by molar-refractivity contribution is 5.78. The van der Waals surface area contributed by atoms with E-state index in [1.54, 1.807) is 0 Å². The molecular weight excluding hydrogens is 412 g/mol. The monoisotopic (exact) mass is 442 g/mol. The van der Waals surface area contributed by atoms with Crippen molar-refractivity contribution in [2.24, 2.45) is 0 Å². The molecule has 1 fully saturated rings. The fourth-order valence-electron chi connectivity index (χ4n) is 4.36. The molecule has 0 saturated carbocycles. The Balaban J connectivity index is 1.45. The van der Waals surface area contributed by atoms with Crippen molar-refractivity contribution in [2.45, 2.75) is 46.6 Å². The first-order valence-corrected chi connectivity index (χ1v) is 11.6. The number of aryl methyl sites for hydroxylation is 2. The zero-order chi connectivity index (χ0) is 22.8. The van der Waals surface area contributed by atoms with Gasteiger partial charge in [-0.3, -0.25) is 4.90 Å². The molecule has 0 bridgehead atoms. The van der Waals surface area contributed by atoms with Crippen LogP contribution in [0.4, 0.5) is 23.1 Å². The highest BCUT2D eigenvalue weighted by Gasteiger charge is 2.16. The minimum atomic E-state index is 0.574. The average molecular weight is 443 g/mol. The molecule has 170 valence electrons. The van der Waals surface area contributed by atoms with E-state index in [0.717, 1.165) is 53.5 Å². The Morgan fingerprint density at radius 2 is 1.70 bits per heavy atom. The van der Waals surface area contributed by atoms with E-state index in [2.05, 4.69) is 58.4 Å². The summed E-state index contributed by atoms with van der Waals surface area (Å²) < 4.78 is 5.38. The van der Waals surface area contributed by atoms with Gasteiger partial charge in [0, 0.05) is 29.7 Å². The first-order valence-electron chi connectivity index (χ1n) is 11.6. The van der Waals surface area contributed by atoms with Gasteiger partial charge in [0.15, 0.2) is 12.0 Å². The topological polar surface area (TPSA) is 79.1 Å². The van der Waals surface area contributed by atoms with Gasteiger partial charge >= 0.3 is 0 Å². The normalized spacial score (nSPS) is 14.5. The summed E-state index contributed by atoms with van der Waals surface area (Å²) in [5, 5.41) is 6.89. The van der Waals surface area contributed by atoms with Gasteiger partial charge in [-0.15, -0.1) is 0 Å². The fourth-order valence-corrected chi connectivity index (χ4v) is 4.36. The van der Waals surface area contributed by atoms with Gasteiger partial charge in [-0.1, -0.05) is 6.42 Å². The Bertz CT molecular complexity index is 1250. The van der Waals surface area contributed by atoms with Crippen LogP contribution in [0.2, 0.25) is 0 Å². The minimum absolute atomic E-state index is 0.574. The Kier molecular flexibility index (Phi) is 5.96. The lowest BCUT2D eigenvalue weighted by Crippen LogP contribution is -2.29. The molecule has 7 heteroatoms. The van der Waals surface area contributed by atoms with Crippen molar-refractivity contribution in [1.82, 2.24) is 19.9 Å². The van der Waals surface area contributed by atoms with Crippen molar-refractivity contribution < 1.29 is 4.42 Å². The number of piperidine rings is 1. The second kappa shape index (κ2) is 9.19. The van der Waals surface area contributed by atoms with Crippen molar-refractivity contribution in [3.05, 3.63) is 65.2 Å². The zero-order valence-electron chi connectivity index (χ0n) is 19.5. The molecule has 0 atom stereocenters. The molecule has 1 aliphatic rings. The SMILES string of the molecule is Cc1cc(Nc2ncc(CN3CCCCC3)c(Nc3ccc4ocnc4c3)n2)cc(C)c1C. The second-order valence-corrected chi connectivity index (χ2v) is 8.92. The van der Waals surface area contributed by atoms with Crippen LogP contribution in [0.15, 0.2) is 47.3 Å². The van der Waals surface area contributed by atoms with Gasteiger partial charge in [0.2, 0.25) is 5.95 Å². The number of likely N-dealkylation sites (tertiary alicyclic amines) is 1. The van der Waals surface area contributed by atoms with Crippen LogP contribution in [0, 0.1) is 20.8 Å². The third-order valence-electron chi connectivity index (χ3n) is 6.48. The van der Waals surface area contributed by atoms with E-state index in [0.29, 0.717) is 5.95 Å². The smallest absolute Gasteiger partial charge is 0.229 e. The van der Waals surface area contributed by atoms with Crippen molar-refractivity contribution in [3.8, 4) is 0 Å². The molecule has 2 N–H and O–H groups in total. The lowest BCUT2D eigenvalue weighted by Gasteiger charge is -2.27. The predicted octanol–water partition coefficient (Wildman–Crippen LogP) is 6.02. The van der Waals surface area contributed by atoms with Crippen molar-refractivity contribution in [1.29, 1.82) is 0 Å². The number of hydrogen-bond donors (Lipinski definition) is 2. The fraction of sp³-hybridized carbons (Fsp3) is 0.346. The summed E-state index contributed by atoms with van der Waals surface area (Å²) in [4.78, 5) is 16.3. The first-order chi connectivity index (χ1) is 16.0. The molecule has 7 nitrogen and oxygen atoms in total. The van der Waals surface area contributed by atoms with Gasteiger partial charge in [0.25, 0.3) is 0 Å². The summed E-state index contributed by atoms with van der Waals surface area (Å²) in [5.41, 5.74) is 8.39. The molecular formula is C26H30N6O. The third kappa shape index (κ3) is 4.83. The number of benzene rings is 2. The van der Waals surface area contributed by atoms with Crippen LogP contribution in [0.3, 0.4) is 0 Å². The molecule has 0 spiro atoms. The molecule has 0 aliphatic carbocycles. The first kappa shape index (κ1) is 21.4. The molecule has 2 aromatic carbocycles. The van der Waals surface area contributed by atoms with Crippen LogP contribution in [0.5, 0.6) is 0 Å². The number of hydrogen-bond acceptors (Lipinski definition) is 7. The standard InChI is InChI=1S/C26H30N6O/c1-17-11-22(12-18(2)19(17)3)30-26-27-14-20(15-32-9-5-4-6-10-32)25(31-26)29-21-7-8-24-23(13-21)28-16-33-24/h7-8,11-14,16H,4-6,9-10,15H2,1-3H3,(H2,27,29,30,31). The molecule has 1 aliphatic heterocycles. The maximum absolute atomic E-state index is 5.38. The lowest BCUT2D eigenvalue weighted by atomic mass is 10.0. The summed E-state index contributed by atoms with van der Waals surface area (Å²) in [5.74, 6) is 1.38. The molecule has 5 rings (SSSR count). The summed E-state index contributed by atoms with van der Waals surface area (Å²) in [7, 11) is 0. The zero-order valence-corrected chi connectivity index (χ0v) is 19.5. The van der Waals surface area contributed by atoms with Gasteiger partial charge in [0.1, 0.15) is 11.3 Å². The van der Waals surface area contributed by atoms with E-state index in [-0.39, 0.29) is 0 Å². The number of nitrogens with zero attached hydrogens (tertiary/aromatic N) is 4. The van der Waals surface area contributed by atoms with Crippen LogP contribution >= 0.6 is 0 Å². The van der Waals surface area contributed by atoms with Gasteiger partial charge in [-0.25, -0.2) is 9.97 Å². The second-order valence-electron chi connectivity index (χ2n) is 8.92. The molecule has 0 amide bonds. The van der Waals surface area contributed by atoms with E-state index in [9.17, 15) is 0 Å². The Labute approximate surface area is 194 Å². The van der Waals surface area contributed by atoms with Crippen molar-refractivity contribution in [3.63, 3.8) is 0 Å². The van der Waals surface area contributed by atoms with E-state index < -0.39 is 0 Å². The molecule has 4 aromatic rings. The van der Waals surface area contributed by atoms with Gasteiger partial charge in [0.05, 0.1) is 0 Å². The molecule has 33 heavy (non-hydrogen) atoms. The molecule has 0 radical (unpaired) electrons. The van der Waals surface area contributed by atoms with E-state index in [1.165, 1.54) is 42.3 Å². The number of rotatable bonds is 6. The van der Waals surface area contributed by atoms with E-state index in [1.807, 2.05) is 24.4 Å². The lowest BCUT2D eigenvalue weighted by molar-refractivity contribution is 0.221. The number of fused-ring (bicyclic) bond motifs is 1. The Morgan fingerprint density at radius 3 is 2.48 bits per heavy atom. The van der Waals surface area contributed by atoms with E-state index in [4.69, 9.17) is 9.40 Å². The summed E-state index contributed by atoms with van der Waals surface area (Å²) in [6.07, 6.45) is 7.22. The van der Waals surface area contributed by atoms with Crippen molar-refractivity contribution >= 4 is 34.2 Å². The number of nitrogens with one attached hydrogen (secondary N) is 2. The number of anilines is 4. The highest BCUT2D eigenvalue weighted by Crippen LogP contribution is 2.27. The summed E-state index contributed by atoms with van der Waals surface area (Å²) in [6.45, 7) is 9.47. The highest BCUT2D eigenvalue weighted by atomic mass is 16.3. The minimum Gasteiger partial charge on any atom is -0.443 e. The quantitative estimate of drug-likeness (QED) is 0.378. The molecule has 2 aromatic heterocycles. The molecule has 3 heterocycles. The predicted molar refractivity (Wildman–Crippen MR) is 132 cm³/mol. The largest absolute Gasteiger partial charge is 0.443 e. The number of aromatic nitrogens is 3. The van der Waals surface area contributed by atoms with Crippen LogP contribution in [-0.2, 0) is 6.54 Å². The van der Waals surface area contributed by atoms with Gasteiger partial charge < -0.3 is 15.1 Å². The summed E-state index contributed by atoms with van der Waals surface area (Å²) >= 11 is 0. The average Bonchev–Trinajstić information content (AvgIpc) is 3.28. The van der Waals surface area contributed by atoms with Crippen LogP contribution < -0.4 is 10.6 Å². The maximum Gasteiger partial charge on any atom is 0.229 e. The van der Waals surface area contributed by atoms with Gasteiger partial charge in [-0.2, -0.15) is 4.98 Å². The van der Waals surface area contributed by atoms with Crippen molar-refractivity contribution in [2.75, 3.05) is 23.7 Å². The number of oxazole rings is 1. The van der Waals surface area contributed by atoms with E-state index >= 15 is 0 Å². The summed E-state index contributed by atoms with van der Waals surface area (Å²) in [6, 6.07) is 10.2. The van der Waals surface area contributed by atoms with Crippen LogP contribution in [0.1, 0.15) is 41.5 Å². The Morgan fingerprint density at radius 1 is 0.909 bits per heavy atom. The van der Waals surface area contributed by atoms with Crippen LogP contribution in [-0.4, -0.2) is 32.9 Å². The maximum atomic E-state index is 5.38. The Hall–Kier alpha value is -3.45.